The molecule has 0 saturated carbocycles. The van der Waals surface area contributed by atoms with Crippen LogP contribution in [0, 0.1) is 13.8 Å². The summed E-state index contributed by atoms with van der Waals surface area (Å²) in [5.41, 5.74) is 5.27. The number of amides is 1. The summed E-state index contributed by atoms with van der Waals surface area (Å²) >= 11 is 0. The molecule has 0 aliphatic rings. The number of nitrogens with zero attached hydrogens (tertiary/aromatic N) is 4. The Hall–Kier alpha value is -3.09. The van der Waals surface area contributed by atoms with Crippen molar-refractivity contribution in [3.8, 4) is 11.3 Å². The Morgan fingerprint density at radius 2 is 2.04 bits per heavy atom. The molecule has 0 atom stereocenters. The Balaban J connectivity index is 1.73. The van der Waals surface area contributed by atoms with E-state index in [0.717, 1.165) is 28.2 Å². The fraction of sp³-hybridized carbons (Fsp3) is 0.381. The summed E-state index contributed by atoms with van der Waals surface area (Å²) < 4.78 is 7.26. The molecule has 28 heavy (non-hydrogen) atoms. The van der Waals surface area contributed by atoms with Gasteiger partial charge in [0.2, 0.25) is 0 Å². The normalized spacial score (nSPS) is 11.1. The van der Waals surface area contributed by atoms with E-state index in [1.165, 1.54) is 0 Å². The molecule has 148 valence electrons. The molecule has 0 radical (unpaired) electrons. The number of aryl methyl sites for hydroxylation is 2. The predicted octanol–water partition coefficient (Wildman–Crippen LogP) is 3.78. The highest BCUT2D eigenvalue weighted by Gasteiger charge is 2.17. The Labute approximate surface area is 165 Å². The number of anilines is 1. The zero-order chi connectivity index (χ0) is 20.4. The second-order valence-electron chi connectivity index (χ2n) is 7.34. The van der Waals surface area contributed by atoms with Crippen LogP contribution in [0.3, 0.4) is 0 Å². The van der Waals surface area contributed by atoms with E-state index in [9.17, 15) is 4.79 Å². The van der Waals surface area contributed by atoms with E-state index in [1.54, 1.807) is 15.8 Å². The van der Waals surface area contributed by atoms with Crippen LogP contribution >= 0.6 is 0 Å². The second kappa shape index (κ2) is 7.88. The molecule has 0 aliphatic carbocycles. The lowest BCUT2D eigenvalue weighted by molar-refractivity contribution is 0.0754. The molecule has 0 unspecified atom stereocenters. The lowest BCUT2D eigenvalue weighted by Crippen LogP contribution is -2.33. The van der Waals surface area contributed by atoms with Gasteiger partial charge in [-0.1, -0.05) is 11.2 Å². The summed E-state index contributed by atoms with van der Waals surface area (Å²) in [6.07, 6.45) is 1.79. The molecule has 0 aliphatic heterocycles. The van der Waals surface area contributed by atoms with Crippen molar-refractivity contribution in [3.05, 3.63) is 53.0 Å². The maximum atomic E-state index is 12.7. The van der Waals surface area contributed by atoms with Gasteiger partial charge in [0, 0.05) is 48.7 Å². The van der Waals surface area contributed by atoms with Crippen LogP contribution in [0.4, 0.5) is 5.69 Å². The molecule has 2 aromatic heterocycles. The summed E-state index contributed by atoms with van der Waals surface area (Å²) in [5, 5.41) is 11.7. The van der Waals surface area contributed by atoms with Gasteiger partial charge in [-0.2, -0.15) is 5.10 Å². The first-order valence-corrected chi connectivity index (χ1v) is 9.34. The molecular weight excluding hydrogens is 354 g/mol. The number of aromatic nitrogens is 3. The van der Waals surface area contributed by atoms with Gasteiger partial charge in [0.05, 0.1) is 12.7 Å². The molecule has 1 aromatic carbocycles. The molecule has 0 bridgehead atoms. The minimum Gasteiger partial charge on any atom is -0.378 e. The second-order valence-corrected chi connectivity index (χ2v) is 7.34. The van der Waals surface area contributed by atoms with Crippen LogP contribution in [0.1, 0.15) is 41.2 Å². The maximum absolute atomic E-state index is 12.7. The Morgan fingerprint density at radius 1 is 1.29 bits per heavy atom. The summed E-state index contributed by atoms with van der Waals surface area (Å²) in [4.78, 5) is 14.4. The van der Waals surface area contributed by atoms with Crippen LogP contribution in [-0.4, -0.2) is 38.8 Å². The van der Waals surface area contributed by atoms with E-state index in [0.29, 0.717) is 17.9 Å². The van der Waals surface area contributed by atoms with Crippen molar-refractivity contribution in [2.24, 2.45) is 7.05 Å². The van der Waals surface area contributed by atoms with Gasteiger partial charge in [-0.3, -0.25) is 9.48 Å². The van der Waals surface area contributed by atoms with Crippen molar-refractivity contribution in [2.75, 3.05) is 12.4 Å². The lowest BCUT2D eigenvalue weighted by atomic mass is 10.1. The summed E-state index contributed by atoms with van der Waals surface area (Å²) in [6.45, 7) is 8.42. The van der Waals surface area contributed by atoms with Crippen molar-refractivity contribution in [3.63, 3.8) is 0 Å². The summed E-state index contributed by atoms with van der Waals surface area (Å²) in [5.74, 6) is 0.733. The van der Waals surface area contributed by atoms with Gasteiger partial charge in [0.25, 0.3) is 5.91 Å². The van der Waals surface area contributed by atoms with Crippen molar-refractivity contribution in [1.82, 2.24) is 19.8 Å². The van der Waals surface area contributed by atoms with Crippen LogP contribution in [0.5, 0.6) is 0 Å². The minimum atomic E-state index is 0.0187. The van der Waals surface area contributed by atoms with Crippen LogP contribution in [0.15, 0.2) is 35.0 Å². The molecular formula is C21H27N5O2. The molecule has 1 amide bonds. The molecule has 0 saturated heterocycles. The third-order valence-electron chi connectivity index (χ3n) is 5.10. The maximum Gasteiger partial charge on any atom is 0.254 e. The fourth-order valence-corrected chi connectivity index (χ4v) is 2.85. The van der Waals surface area contributed by atoms with E-state index in [1.807, 2.05) is 66.1 Å². The summed E-state index contributed by atoms with van der Waals surface area (Å²) in [7, 11) is 3.72. The van der Waals surface area contributed by atoms with E-state index in [2.05, 4.69) is 15.6 Å². The SMILES string of the molecule is Cc1ccc(NCc2cc(-c3cnn(C)c3C)no2)cc1C(=O)N(C)C(C)C. The first-order chi connectivity index (χ1) is 13.3. The third kappa shape index (κ3) is 3.93. The molecule has 2 heterocycles. The van der Waals surface area contributed by atoms with Crippen LogP contribution in [0.25, 0.3) is 11.3 Å². The van der Waals surface area contributed by atoms with Crippen molar-refractivity contribution in [1.29, 1.82) is 0 Å². The Morgan fingerprint density at radius 3 is 2.68 bits per heavy atom. The number of hydrogen-bond acceptors (Lipinski definition) is 5. The van der Waals surface area contributed by atoms with Crippen molar-refractivity contribution < 1.29 is 9.32 Å². The van der Waals surface area contributed by atoms with Gasteiger partial charge in [-0.05, 0) is 45.4 Å². The molecule has 1 N–H and O–H groups in total. The minimum absolute atomic E-state index is 0.0187. The number of hydrogen-bond donors (Lipinski definition) is 1. The van der Waals surface area contributed by atoms with Crippen LogP contribution in [-0.2, 0) is 13.6 Å². The molecule has 3 rings (SSSR count). The smallest absolute Gasteiger partial charge is 0.254 e. The van der Waals surface area contributed by atoms with E-state index in [4.69, 9.17) is 4.52 Å². The highest BCUT2D eigenvalue weighted by atomic mass is 16.5. The van der Waals surface area contributed by atoms with Crippen molar-refractivity contribution >= 4 is 11.6 Å². The summed E-state index contributed by atoms with van der Waals surface area (Å²) in [6, 6.07) is 7.86. The first kappa shape index (κ1) is 19.7. The van der Waals surface area contributed by atoms with E-state index < -0.39 is 0 Å². The van der Waals surface area contributed by atoms with Gasteiger partial charge in [0.1, 0.15) is 5.69 Å². The van der Waals surface area contributed by atoms with E-state index >= 15 is 0 Å². The number of carbonyl (C=O) groups excluding carboxylic acids is 1. The van der Waals surface area contributed by atoms with Gasteiger partial charge in [0.15, 0.2) is 5.76 Å². The molecule has 0 spiro atoms. The zero-order valence-electron chi connectivity index (χ0n) is 17.3. The van der Waals surface area contributed by atoms with Gasteiger partial charge in [-0.25, -0.2) is 0 Å². The van der Waals surface area contributed by atoms with Crippen molar-refractivity contribution in [2.45, 2.75) is 40.3 Å². The largest absolute Gasteiger partial charge is 0.378 e. The Kier molecular flexibility index (Phi) is 5.53. The average Bonchev–Trinajstić information content (AvgIpc) is 3.26. The van der Waals surface area contributed by atoms with Crippen LogP contribution < -0.4 is 5.32 Å². The topological polar surface area (TPSA) is 76.2 Å². The molecule has 7 heteroatoms. The number of rotatable bonds is 6. The highest BCUT2D eigenvalue weighted by Crippen LogP contribution is 2.23. The number of benzene rings is 1. The standard InChI is InChI=1S/C21H27N5O2/c1-13(2)25(5)21(27)18-9-16(8-7-14(18)3)22-11-17-10-20(24-28-17)19-12-23-26(6)15(19)4/h7-10,12-13,22H,11H2,1-6H3. The fourth-order valence-electron chi connectivity index (χ4n) is 2.85. The number of nitrogens with one attached hydrogen (secondary N) is 1. The first-order valence-electron chi connectivity index (χ1n) is 9.34. The molecule has 7 nitrogen and oxygen atoms in total. The van der Waals surface area contributed by atoms with Crippen LogP contribution in [0.2, 0.25) is 0 Å². The Bertz CT molecular complexity index is 987. The van der Waals surface area contributed by atoms with Gasteiger partial charge < -0.3 is 14.7 Å². The van der Waals surface area contributed by atoms with Gasteiger partial charge >= 0.3 is 0 Å². The van der Waals surface area contributed by atoms with E-state index in [-0.39, 0.29) is 11.9 Å². The average molecular weight is 381 g/mol. The molecule has 3 aromatic rings. The monoisotopic (exact) mass is 381 g/mol. The van der Waals surface area contributed by atoms with Gasteiger partial charge in [-0.15, -0.1) is 0 Å². The lowest BCUT2D eigenvalue weighted by Gasteiger charge is -2.22. The zero-order valence-corrected chi connectivity index (χ0v) is 17.3. The highest BCUT2D eigenvalue weighted by molar-refractivity contribution is 5.96. The molecule has 0 fully saturated rings. The third-order valence-corrected chi connectivity index (χ3v) is 5.10. The number of carbonyl (C=O) groups is 1. The predicted molar refractivity (Wildman–Crippen MR) is 109 cm³/mol. The quantitative estimate of drug-likeness (QED) is 0.703.